The first-order valence-electron chi connectivity index (χ1n) is 26.8. The Bertz CT molecular complexity index is 992. The number of esters is 2. The molecule has 10 nitrogen and oxygen atoms in total. The summed E-state index contributed by atoms with van der Waals surface area (Å²) in [5.41, 5.74) is 0. The Morgan fingerprint density at radius 1 is 0.397 bits per heavy atom. The van der Waals surface area contributed by atoms with Crippen LogP contribution >= 0.6 is 0 Å². The van der Waals surface area contributed by atoms with Gasteiger partial charge in [-0.1, -0.05) is 162 Å². The van der Waals surface area contributed by atoms with E-state index < -0.39 is 42.8 Å². The lowest BCUT2D eigenvalue weighted by Gasteiger charge is -2.27. The molecule has 63 heavy (non-hydrogen) atoms. The standard InChI is InChI=1S/C53H104N2O8/c1-5-9-13-17-21-27-35-48(56)44-54(45-49(57)36-28-22-18-14-10-6-2)39-31-25-33-41-62-52(60)43-53(61)63-42-34-26-32-40-55(46-50(58)37-29-23-19-15-11-7-3)47-51(59)38-30-24-20-16-12-8-4/h13,17,48-51,56-59H,5-12,14-16,18-47H2,1-4H3/b17-13+. The van der Waals surface area contributed by atoms with E-state index in [1.807, 2.05) is 0 Å². The van der Waals surface area contributed by atoms with Crippen molar-refractivity contribution in [3.63, 3.8) is 0 Å². The molecule has 0 amide bonds. The van der Waals surface area contributed by atoms with Gasteiger partial charge in [0.15, 0.2) is 0 Å². The molecule has 0 aromatic carbocycles. The van der Waals surface area contributed by atoms with Gasteiger partial charge in [-0.25, -0.2) is 0 Å². The number of aliphatic hydroxyl groups excluding tert-OH is 4. The first kappa shape index (κ1) is 61.4. The number of hydrogen-bond donors (Lipinski definition) is 4. The molecule has 4 atom stereocenters. The molecule has 0 aromatic heterocycles. The van der Waals surface area contributed by atoms with Crippen LogP contribution in [-0.2, 0) is 19.1 Å². The second-order valence-electron chi connectivity index (χ2n) is 18.7. The number of carbonyl (C=O) groups excluding carboxylic acids is 2. The lowest BCUT2D eigenvalue weighted by molar-refractivity contribution is -0.154. The largest absolute Gasteiger partial charge is 0.465 e. The van der Waals surface area contributed by atoms with Gasteiger partial charge in [-0.05, 0) is 96.6 Å². The monoisotopic (exact) mass is 897 g/mol. The Hall–Kier alpha value is -1.56. The summed E-state index contributed by atoms with van der Waals surface area (Å²) in [6.07, 6.45) is 36.1. The summed E-state index contributed by atoms with van der Waals surface area (Å²) in [5, 5.41) is 43.3. The highest BCUT2D eigenvalue weighted by molar-refractivity contribution is 5.91. The zero-order valence-corrected chi connectivity index (χ0v) is 41.8. The summed E-state index contributed by atoms with van der Waals surface area (Å²) in [4.78, 5) is 29.1. The van der Waals surface area contributed by atoms with Crippen LogP contribution in [0.1, 0.15) is 240 Å². The number of hydrogen-bond acceptors (Lipinski definition) is 10. The molecule has 0 saturated heterocycles. The molecule has 0 bridgehead atoms. The molecule has 0 aliphatic heterocycles. The summed E-state index contributed by atoms with van der Waals surface area (Å²) in [6, 6.07) is 0. The second kappa shape index (κ2) is 47.0. The molecule has 0 rings (SSSR count). The molecule has 4 N–H and O–H groups in total. The van der Waals surface area contributed by atoms with Crippen LogP contribution in [-0.4, -0.2) is 119 Å². The predicted molar refractivity (Wildman–Crippen MR) is 263 cm³/mol. The summed E-state index contributed by atoms with van der Waals surface area (Å²) in [5.74, 6) is -1.13. The summed E-state index contributed by atoms with van der Waals surface area (Å²) < 4.78 is 10.7. The lowest BCUT2D eigenvalue weighted by Crippen LogP contribution is -2.38. The van der Waals surface area contributed by atoms with E-state index in [2.05, 4.69) is 49.6 Å². The molecular weight excluding hydrogens is 793 g/mol. The molecule has 4 unspecified atom stereocenters. The third-order valence-corrected chi connectivity index (χ3v) is 12.1. The fourth-order valence-electron chi connectivity index (χ4n) is 8.25. The van der Waals surface area contributed by atoms with Crippen LogP contribution in [0.4, 0.5) is 0 Å². The van der Waals surface area contributed by atoms with Gasteiger partial charge < -0.3 is 29.9 Å². The molecule has 0 fully saturated rings. The van der Waals surface area contributed by atoms with Crippen molar-refractivity contribution >= 4 is 11.9 Å². The molecule has 0 aromatic rings. The molecule has 0 heterocycles. The zero-order valence-electron chi connectivity index (χ0n) is 41.8. The van der Waals surface area contributed by atoms with Gasteiger partial charge in [0.25, 0.3) is 0 Å². The number of carbonyl (C=O) groups is 2. The van der Waals surface area contributed by atoms with Crippen molar-refractivity contribution in [1.82, 2.24) is 9.80 Å². The third-order valence-electron chi connectivity index (χ3n) is 12.1. The maximum absolute atomic E-state index is 12.4. The van der Waals surface area contributed by atoms with Crippen molar-refractivity contribution < 1.29 is 39.5 Å². The van der Waals surface area contributed by atoms with E-state index in [4.69, 9.17) is 9.47 Å². The molecule has 0 radical (unpaired) electrons. The van der Waals surface area contributed by atoms with Crippen LogP contribution in [0.15, 0.2) is 12.2 Å². The number of allylic oxidation sites excluding steroid dienone is 2. The third kappa shape index (κ3) is 44.1. The van der Waals surface area contributed by atoms with Crippen LogP contribution < -0.4 is 0 Å². The molecule has 0 spiro atoms. The van der Waals surface area contributed by atoms with Gasteiger partial charge in [-0.3, -0.25) is 19.4 Å². The van der Waals surface area contributed by atoms with E-state index >= 15 is 0 Å². The average Bonchev–Trinajstić information content (AvgIpc) is 3.25. The Morgan fingerprint density at radius 2 is 0.714 bits per heavy atom. The zero-order chi connectivity index (χ0) is 46.4. The fourth-order valence-corrected chi connectivity index (χ4v) is 8.25. The van der Waals surface area contributed by atoms with Crippen molar-refractivity contribution in [2.24, 2.45) is 0 Å². The SMILES string of the molecule is CCC/C=C/CCCC(O)CN(CCCCCOC(=O)CC(=O)OCCCCCN(CC(O)CCCCCCCC)CC(O)CCCCCCCC)CC(O)CCCCCCCC. The highest BCUT2D eigenvalue weighted by Gasteiger charge is 2.18. The van der Waals surface area contributed by atoms with E-state index in [-0.39, 0.29) is 13.2 Å². The number of nitrogens with zero attached hydrogens (tertiary/aromatic N) is 2. The quantitative estimate of drug-likeness (QED) is 0.0202. The first-order chi connectivity index (χ1) is 30.6. The van der Waals surface area contributed by atoms with Crippen molar-refractivity contribution in [1.29, 1.82) is 0 Å². The fraction of sp³-hybridized carbons (Fsp3) is 0.925. The molecule has 0 aliphatic rings. The first-order valence-corrected chi connectivity index (χ1v) is 26.8. The molecule has 374 valence electrons. The van der Waals surface area contributed by atoms with E-state index in [0.717, 1.165) is 129 Å². The predicted octanol–water partition coefficient (Wildman–Crippen LogP) is 11.6. The van der Waals surface area contributed by atoms with Crippen LogP contribution in [0, 0.1) is 0 Å². The number of unbranched alkanes of at least 4 members (excludes halogenated alkanes) is 21. The maximum Gasteiger partial charge on any atom is 0.317 e. The smallest absolute Gasteiger partial charge is 0.317 e. The van der Waals surface area contributed by atoms with Gasteiger partial charge in [0.05, 0.1) is 37.6 Å². The minimum Gasteiger partial charge on any atom is -0.465 e. The Kier molecular flexibility index (Phi) is 45.8. The Balaban J connectivity index is 4.54. The highest BCUT2D eigenvalue weighted by atomic mass is 16.6. The molecule has 10 heteroatoms. The number of rotatable bonds is 49. The van der Waals surface area contributed by atoms with Crippen molar-refractivity contribution in [3.8, 4) is 0 Å². The van der Waals surface area contributed by atoms with Gasteiger partial charge in [0.1, 0.15) is 6.42 Å². The van der Waals surface area contributed by atoms with Gasteiger partial charge in [-0.15, -0.1) is 0 Å². The van der Waals surface area contributed by atoms with E-state index in [9.17, 15) is 30.0 Å². The summed E-state index contributed by atoms with van der Waals surface area (Å²) in [7, 11) is 0. The summed E-state index contributed by atoms with van der Waals surface area (Å²) >= 11 is 0. The number of aliphatic hydroxyl groups is 4. The van der Waals surface area contributed by atoms with Crippen molar-refractivity contribution in [2.75, 3.05) is 52.5 Å². The van der Waals surface area contributed by atoms with Gasteiger partial charge >= 0.3 is 11.9 Å². The minimum atomic E-state index is -0.568. The number of ether oxygens (including phenoxy) is 2. The maximum atomic E-state index is 12.4. The summed E-state index contributed by atoms with van der Waals surface area (Å²) in [6.45, 7) is 13.1. The van der Waals surface area contributed by atoms with Crippen LogP contribution in [0.3, 0.4) is 0 Å². The van der Waals surface area contributed by atoms with E-state index in [1.54, 1.807) is 0 Å². The van der Waals surface area contributed by atoms with E-state index in [0.29, 0.717) is 39.0 Å². The topological polar surface area (TPSA) is 140 Å². The average molecular weight is 897 g/mol. The minimum absolute atomic E-state index is 0.249. The van der Waals surface area contributed by atoms with Crippen LogP contribution in [0.25, 0.3) is 0 Å². The van der Waals surface area contributed by atoms with Crippen molar-refractivity contribution in [3.05, 3.63) is 12.2 Å². The lowest BCUT2D eigenvalue weighted by atomic mass is 10.1. The molecule has 0 aliphatic carbocycles. The second-order valence-corrected chi connectivity index (χ2v) is 18.7. The van der Waals surface area contributed by atoms with Crippen molar-refractivity contribution in [2.45, 2.75) is 264 Å². The van der Waals surface area contributed by atoms with Gasteiger partial charge in [-0.2, -0.15) is 0 Å². The van der Waals surface area contributed by atoms with Crippen LogP contribution in [0.2, 0.25) is 0 Å². The Morgan fingerprint density at radius 3 is 1.08 bits per heavy atom. The highest BCUT2D eigenvalue weighted by Crippen LogP contribution is 2.15. The molecule has 0 saturated carbocycles. The van der Waals surface area contributed by atoms with Gasteiger partial charge in [0, 0.05) is 26.2 Å². The van der Waals surface area contributed by atoms with Gasteiger partial charge in [0.2, 0.25) is 0 Å². The van der Waals surface area contributed by atoms with Crippen LogP contribution in [0.5, 0.6) is 0 Å². The Labute approximate surface area is 388 Å². The van der Waals surface area contributed by atoms with E-state index in [1.165, 1.54) is 77.0 Å². The normalized spacial score (nSPS) is 13.9. The molecular formula is C53H104N2O8.